The van der Waals surface area contributed by atoms with Crippen LogP contribution in [0.5, 0.6) is 0 Å². The lowest BCUT2D eigenvalue weighted by molar-refractivity contribution is -0.116. The number of aryl methyl sites for hydroxylation is 1. The molecule has 0 fully saturated rings. The zero-order chi connectivity index (χ0) is 16.9. The van der Waals surface area contributed by atoms with E-state index in [0.29, 0.717) is 18.1 Å². The van der Waals surface area contributed by atoms with E-state index in [-0.39, 0.29) is 5.91 Å². The molecule has 2 amide bonds. The Morgan fingerprint density at radius 2 is 1.95 bits per heavy atom. The van der Waals surface area contributed by atoms with E-state index in [9.17, 15) is 9.59 Å². The maximum atomic E-state index is 11.8. The molecule has 0 aromatic heterocycles. The molecule has 0 aliphatic rings. The molecule has 0 radical (unpaired) electrons. The summed E-state index contributed by atoms with van der Waals surface area (Å²) >= 11 is 5.93. The quantitative estimate of drug-likeness (QED) is 0.920. The summed E-state index contributed by atoms with van der Waals surface area (Å²) in [4.78, 5) is 25.0. The van der Waals surface area contributed by atoms with E-state index in [0.717, 1.165) is 11.3 Å². The Hall–Kier alpha value is -1.75. The number of carbonyl (C=O) groups excluding carboxylic acids is 2. The number of nitrogens with one attached hydrogen (secondary N) is 1. The standard InChI is InChI=1S/C16H23ClN2O3/c1-11-10-13(17)6-7-14(11)19(12(2)20)9-8-18-15(21)22-16(3,4)5/h6-7,10H,8-9H2,1-5H3,(H,18,21). The number of rotatable bonds is 4. The van der Waals surface area contributed by atoms with E-state index in [1.54, 1.807) is 43.9 Å². The van der Waals surface area contributed by atoms with Crippen LogP contribution in [0.4, 0.5) is 10.5 Å². The number of alkyl carbamates (subject to hydrolysis) is 1. The van der Waals surface area contributed by atoms with Crippen molar-refractivity contribution < 1.29 is 14.3 Å². The van der Waals surface area contributed by atoms with Crippen molar-refractivity contribution in [2.45, 2.75) is 40.2 Å². The first-order valence-electron chi connectivity index (χ1n) is 7.11. The first kappa shape index (κ1) is 18.3. The summed E-state index contributed by atoms with van der Waals surface area (Å²) in [5.41, 5.74) is 1.14. The highest BCUT2D eigenvalue weighted by Crippen LogP contribution is 2.23. The second-order valence-corrected chi connectivity index (χ2v) is 6.47. The fourth-order valence-corrected chi connectivity index (χ4v) is 2.18. The Balaban J connectivity index is 2.67. The Bertz CT molecular complexity index is 553. The van der Waals surface area contributed by atoms with Gasteiger partial charge < -0.3 is 15.0 Å². The van der Waals surface area contributed by atoms with Gasteiger partial charge in [-0.15, -0.1) is 0 Å². The van der Waals surface area contributed by atoms with Crippen molar-refractivity contribution in [2.24, 2.45) is 0 Å². The molecule has 0 spiro atoms. The normalized spacial score (nSPS) is 11.0. The zero-order valence-electron chi connectivity index (χ0n) is 13.7. The topological polar surface area (TPSA) is 58.6 Å². The number of ether oxygens (including phenoxy) is 1. The number of nitrogens with zero attached hydrogens (tertiary/aromatic N) is 1. The summed E-state index contributed by atoms with van der Waals surface area (Å²) < 4.78 is 5.15. The van der Waals surface area contributed by atoms with Crippen LogP contribution in [-0.2, 0) is 9.53 Å². The summed E-state index contributed by atoms with van der Waals surface area (Å²) in [6, 6.07) is 5.34. The van der Waals surface area contributed by atoms with Gasteiger partial charge >= 0.3 is 6.09 Å². The molecule has 0 bridgehead atoms. The van der Waals surface area contributed by atoms with Gasteiger partial charge in [0, 0.05) is 30.7 Å². The van der Waals surface area contributed by atoms with E-state index in [1.165, 1.54) is 6.92 Å². The van der Waals surface area contributed by atoms with Gasteiger partial charge in [-0.3, -0.25) is 4.79 Å². The number of anilines is 1. The number of benzene rings is 1. The summed E-state index contributed by atoms with van der Waals surface area (Å²) in [5.74, 6) is -0.101. The molecule has 1 rings (SSSR count). The van der Waals surface area contributed by atoms with Crippen molar-refractivity contribution in [3.63, 3.8) is 0 Å². The van der Waals surface area contributed by atoms with Gasteiger partial charge in [-0.2, -0.15) is 0 Å². The fourth-order valence-electron chi connectivity index (χ4n) is 1.95. The summed E-state index contributed by atoms with van der Waals surface area (Å²) in [7, 11) is 0. The highest BCUT2D eigenvalue weighted by Gasteiger charge is 2.17. The predicted octanol–water partition coefficient (Wildman–Crippen LogP) is 3.53. The average molecular weight is 327 g/mol. The number of hydrogen-bond acceptors (Lipinski definition) is 3. The lowest BCUT2D eigenvalue weighted by Gasteiger charge is -2.24. The third-order valence-electron chi connectivity index (χ3n) is 2.83. The molecule has 6 heteroatoms. The second kappa shape index (κ2) is 7.49. The Labute approximate surface area is 136 Å². The molecule has 1 aromatic rings. The third-order valence-corrected chi connectivity index (χ3v) is 3.07. The van der Waals surface area contributed by atoms with Crippen molar-refractivity contribution in [1.29, 1.82) is 0 Å². The molecule has 1 N–H and O–H groups in total. The molecule has 1 aromatic carbocycles. The summed E-state index contributed by atoms with van der Waals surface area (Å²) in [6.07, 6.45) is -0.496. The molecule has 0 aliphatic carbocycles. The molecule has 0 atom stereocenters. The minimum Gasteiger partial charge on any atom is -0.444 e. The van der Waals surface area contributed by atoms with E-state index < -0.39 is 11.7 Å². The molecule has 0 aliphatic heterocycles. The van der Waals surface area contributed by atoms with Crippen molar-refractivity contribution in [3.8, 4) is 0 Å². The van der Waals surface area contributed by atoms with Crippen molar-refractivity contribution in [1.82, 2.24) is 5.32 Å². The highest BCUT2D eigenvalue weighted by atomic mass is 35.5. The number of halogens is 1. The van der Waals surface area contributed by atoms with Gasteiger partial charge in [0.1, 0.15) is 5.60 Å². The number of carbonyl (C=O) groups is 2. The van der Waals surface area contributed by atoms with Gasteiger partial charge in [-0.1, -0.05) is 11.6 Å². The molecule has 0 unspecified atom stereocenters. The first-order valence-corrected chi connectivity index (χ1v) is 7.49. The fraction of sp³-hybridized carbons (Fsp3) is 0.500. The van der Waals surface area contributed by atoms with Crippen LogP contribution >= 0.6 is 11.6 Å². The average Bonchev–Trinajstić information content (AvgIpc) is 2.33. The SMILES string of the molecule is CC(=O)N(CCNC(=O)OC(C)(C)C)c1ccc(Cl)cc1C. The molecule has 0 saturated carbocycles. The second-order valence-electron chi connectivity index (χ2n) is 6.03. The largest absolute Gasteiger partial charge is 0.444 e. The van der Waals surface area contributed by atoms with Crippen LogP contribution in [0.1, 0.15) is 33.3 Å². The number of amides is 2. The predicted molar refractivity (Wildman–Crippen MR) is 88.5 cm³/mol. The summed E-state index contributed by atoms with van der Waals surface area (Å²) in [5, 5.41) is 3.27. The van der Waals surface area contributed by atoms with E-state index in [1.807, 2.05) is 6.92 Å². The van der Waals surface area contributed by atoms with Crippen molar-refractivity contribution in [2.75, 3.05) is 18.0 Å². The van der Waals surface area contributed by atoms with Crippen molar-refractivity contribution >= 4 is 29.3 Å². The van der Waals surface area contributed by atoms with Crippen LogP contribution in [-0.4, -0.2) is 30.7 Å². The van der Waals surface area contributed by atoms with Crippen LogP contribution in [0, 0.1) is 6.92 Å². The molecule has 5 nitrogen and oxygen atoms in total. The Kier molecular flexibility index (Phi) is 6.23. The van der Waals surface area contributed by atoms with E-state index >= 15 is 0 Å². The summed E-state index contributed by atoms with van der Waals surface area (Å²) in [6.45, 7) is 9.43. The molecule has 0 saturated heterocycles. The van der Waals surface area contributed by atoms with Crippen LogP contribution in [0.3, 0.4) is 0 Å². The Morgan fingerprint density at radius 3 is 2.45 bits per heavy atom. The molecule has 22 heavy (non-hydrogen) atoms. The molecular formula is C16H23ClN2O3. The number of hydrogen-bond donors (Lipinski definition) is 1. The smallest absolute Gasteiger partial charge is 0.407 e. The minimum absolute atomic E-state index is 0.101. The van der Waals surface area contributed by atoms with E-state index in [2.05, 4.69) is 5.32 Å². The van der Waals surface area contributed by atoms with Crippen LogP contribution < -0.4 is 10.2 Å². The van der Waals surface area contributed by atoms with Crippen LogP contribution in [0.15, 0.2) is 18.2 Å². The van der Waals surface area contributed by atoms with Gasteiger partial charge in [-0.25, -0.2) is 4.79 Å². The van der Waals surface area contributed by atoms with Gasteiger partial charge in [0.05, 0.1) is 0 Å². The van der Waals surface area contributed by atoms with E-state index in [4.69, 9.17) is 16.3 Å². The van der Waals surface area contributed by atoms with Crippen LogP contribution in [0.2, 0.25) is 5.02 Å². The lowest BCUT2D eigenvalue weighted by Crippen LogP contribution is -2.39. The lowest BCUT2D eigenvalue weighted by atomic mass is 10.2. The Morgan fingerprint density at radius 1 is 1.32 bits per heavy atom. The van der Waals surface area contributed by atoms with Crippen molar-refractivity contribution in [3.05, 3.63) is 28.8 Å². The van der Waals surface area contributed by atoms with Gasteiger partial charge in [0.25, 0.3) is 0 Å². The third kappa shape index (κ3) is 5.93. The minimum atomic E-state index is -0.545. The van der Waals surface area contributed by atoms with Gasteiger partial charge in [0.15, 0.2) is 0 Å². The van der Waals surface area contributed by atoms with Gasteiger partial charge in [-0.05, 0) is 51.5 Å². The highest BCUT2D eigenvalue weighted by molar-refractivity contribution is 6.30. The van der Waals surface area contributed by atoms with Gasteiger partial charge in [0.2, 0.25) is 5.91 Å². The monoisotopic (exact) mass is 326 g/mol. The first-order chi connectivity index (χ1) is 10.1. The molecule has 122 valence electrons. The molecule has 0 heterocycles. The molecular weight excluding hydrogens is 304 g/mol. The maximum absolute atomic E-state index is 11.8. The maximum Gasteiger partial charge on any atom is 0.407 e. The van der Waals surface area contributed by atoms with Crippen LogP contribution in [0.25, 0.3) is 0 Å². The zero-order valence-corrected chi connectivity index (χ0v) is 14.5.